The van der Waals surface area contributed by atoms with E-state index in [1.165, 1.54) is 62.8 Å². The molecule has 2 aromatic rings. The maximum atomic E-state index is 11.8. The molecule has 0 unspecified atom stereocenters. The lowest BCUT2D eigenvalue weighted by molar-refractivity contribution is -0.144. The summed E-state index contributed by atoms with van der Waals surface area (Å²) >= 11 is 0. The van der Waals surface area contributed by atoms with Gasteiger partial charge >= 0.3 is 35.8 Å². The number of rotatable bonds is 12. The Labute approximate surface area is 217 Å². The Bertz CT molecular complexity index is 1090. The minimum Gasteiger partial charge on any atom is -0.465 e. The Morgan fingerprint density at radius 1 is 0.579 bits per heavy atom. The molecule has 0 heterocycles. The summed E-state index contributed by atoms with van der Waals surface area (Å²) in [6.45, 7) is -0.604. The number of esters is 6. The SMILES string of the molecule is COC(=O)c1ccc(OC(=O)CCOC(=O)/C=C\C(=O)OCCC(=O)Oc2ccc(C(=O)OC)cc2)cc1. The van der Waals surface area contributed by atoms with Crippen LogP contribution in [0.4, 0.5) is 0 Å². The highest BCUT2D eigenvalue weighted by molar-refractivity contribution is 5.92. The summed E-state index contributed by atoms with van der Waals surface area (Å²) in [6, 6.07) is 11.3. The van der Waals surface area contributed by atoms with Crippen molar-refractivity contribution in [2.75, 3.05) is 27.4 Å². The van der Waals surface area contributed by atoms with Gasteiger partial charge in [-0.15, -0.1) is 0 Å². The first kappa shape index (κ1) is 29.2. The maximum Gasteiger partial charge on any atom is 0.337 e. The van der Waals surface area contributed by atoms with E-state index in [1.807, 2.05) is 0 Å². The van der Waals surface area contributed by atoms with Gasteiger partial charge in [0.05, 0.1) is 38.2 Å². The van der Waals surface area contributed by atoms with E-state index in [4.69, 9.17) is 18.9 Å². The van der Waals surface area contributed by atoms with Crippen LogP contribution in [0, 0.1) is 0 Å². The first-order valence-electron chi connectivity index (χ1n) is 11.0. The van der Waals surface area contributed by atoms with Gasteiger partial charge in [-0.05, 0) is 48.5 Å². The summed E-state index contributed by atoms with van der Waals surface area (Å²) in [5.74, 6) is -3.84. The van der Waals surface area contributed by atoms with Crippen molar-refractivity contribution in [3.63, 3.8) is 0 Å². The van der Waals surface area contributed by atoms with Crippen LogP contribution in [0.3, 0.4) is 0 Å². The topological polar surface area (TPSA) is 158 Å². The molecule has 0 radical (unpaired) electrons. The zero-order valence-corrected chi connectivity index (χ0v) is 20.5. The third kappa shape index (κ3) is 10.3. The number of ether oxygens (including phenoxy) is 6. The summed E-state index contributed by atoms with van der Waals surface area (Å²) in [6.07, 6.45) is 1.10. The molecule has 0 N–H and O–H groups in total. The highest BCUT2D eigenvalue weighted by Gasteiger charge is 2.11. The van der Waals surface area contributed by atoms with Gasteiger partial charge in [-0.3, -0.25) is 9.59 Å². The largest absolute Gasteiger partial charge is 0.465 e. The van der Waals surface area contributed by atoms with E-state index in [9.17, 15) is 28.8 Å². The van der Waals surface area contributed by atoms with Gasteiger partial charge in [0.2, 0.25) is 0 Å². The third-order valence-corrected chi connectivity index (χ3v) is 4.47. The Morgan fingerprint density at radius 3 is 1.24 bits per heavy atom. The van der Waals surface area contributed by atoms with E-state index in [0.717, 1.165) is 12.2 Å². The van der Waals surface area contributed by atoms with Crippen molar-refractivity contribution >= 4 is 35.8 Å². The van der Waals surface area contributed by atoms with Crippen molar-refractivity contribution in [3.05, 3.63) is 71.8 Å². The Balaban J connectivity index is 1.61. The predicted octanol–water partition coefficient (Wildman–Crippen LogP) is 2.19. The van der Waals surface area contributed by atoms with Gasteiger partial charge in [0.15, 0.2) is 0 Å². The maximum absolute atomic E-state index is 11.8. The van der Waals surface area contributed by atoms with Crippen LogP contribution in [0.2, 0.25) is 0 Å². The fourth-order valence-corrected chi connectivity index (χ4v) is 2.62. The first-order chi connectivity index (χ1) is 18.2. The molecule has 0 amide bonds. The number of carbonyl (C=O) groups excluding carboxylic acids is 6. The van der Waals surface area contributed by atoms with Crippen LogP contribution < -0.4 is 9.47 Å². The lowest BCUT2D eigenvalue weighted by Crippen LogP contribution is -2.14. The number of carbonyl (C=O) groups is 6. The van der Waals surface area contributed by atoms with Crippen LogP contribution in [0.15, 0.2) is 60.7 Å². The van der Waals surface area contributed by atoms with Crippen LogP contribution in [-0.4, -0.2) is 63.2 Å². The first-order valence-corrected chi connectivity index (χ1v) is 11.0. The van der Waals surface area contributed by atoms with E-state index in [2.05, 4.69) is 9.47 Å². The van der Waals surface area contributed by atoms with Crippen molar-refractivity contribution < 1.29 is 57.2 Å². The second-order valence-electron chi connectivity index (χ2n) is 7.15. The van der Waals surface area contributed by atoms with Crippen molar-refractivity contribution in [2.24, 2.45) is 0 Å². The van der Waals surface area contributed by atoms with Crippen LogP contribution in [0.25, 0.3) is 0 Å². The lowest BCUT2D eigenvalue weighted by atomic mass is 10.2. The average Bonchev–Trinajstić information content (AvgIpc) is 2.91. The van der Waals surface area contributed by atoms with Gasteiger partial charge in [0.25, 0.3) is 0 Å². The Morgan fingerprint density at radius 2 is 0.921 bits per heavy atom. The zero-order chi connectivity index (χ0) is 27.9. The standard InChI is InChI=1S/C26H24O12/c1-33-25(31)17-3-7-19(8-4-17)37-23(29)13-15-35-21(27)11-12-22(28)36-16-14-24(30)38-20-9-5-18(6-10-20)26(32)34-2/h3-12H,13-16H2,1-2H3/b12-11-. The van der Waals surface area contributed by atoms with E-state index in [0.29, 0.717) is 0 Å². The molecule has 0 spiro atoms. The summed E-state index contributed by atoms with van der Waals surface area (Å²) in [5, 5.41) is 0. The summed E-state index contributed by atoms with van der Waals surface area (Å²) in [7, 11) is 2.49. The van der Waals surface area contributed by atoms with E-state index < -0.39 is 35.8 Å². The molecule has 0 atom stereocenters. The number of methoxy groups -OCH3 is 2. The molecule has 0 aromatic heterocycles. The van der Waals surface area contributed by atoms with Crippen molar-refractivity contribution in [1.82, 2.24) is 0 Å². The van der Waals surface area contributed by atoms with E-state index >= 15 is 0 Å². The van der Waals surface area contributed by atoms with Crippen LogP contribution in [0.5, 0.6) is 11.5 Å². The fraction of sp³-hybridized carbons (Fsp3) is 0.231. The highest BCUT2D eigenvalue weighted by Crippen LogP contribution is 2.14. The fourth-order valence-electron chi connectivity index (χ4n) is 2.62. The molecule has 0 fully saturated rings. The Hall–Kier alpha value is -5.00. The highest BCUT2D eigenvalue weighted by atomic mass is 16.6. The molecule has 0 aliphatic heterocycles. The van der Waals surface area contributed by atoms with Gasteiger partial charge in [-0.1, -0.05) is 0 Å². The monoisotopic (exact) mass is 528 g/mol. The van der Waals surface area contributed by atoms with Crippen molar-refractivity contribution in [2.45, 2.75) is 12.8 Å². The van der Waals surface area contributed by atoms with Crippen LogP contribution in [-0.2, 0) is 38.1 Å². The molecule has 2 aromatic carbocycles. The lowest BCUT2D eigenvalue weighted by Gasteiger charge is -2.06. The molecule has 2 rings (SSSR count). The van der Waals surface area contributed by atoms with Gasteiger partial charge in [0.1, 0.15) is 24.7 Å². The molecule has 0 aliphatic rings. The number of hydrogen-bond acceptors (Lipinski definition) is 12. The normalized spacial score (nSPS) is 10.3. The second kappa shape index (κ2) is 15.2. The summed E-state index contributed by atoms with van der Waals surface area (Å²) in [4.78, 5) is 69.7. The molecule has 0 bridgehead atoms. The quantitative estimate of drug-likeness (QED) is 0.171. The number of hydrogen-bond donors (Lipinski definition) is 0. The zero-order valence-electron chi connectivity index (χ0n) is 20.5. The van der Waals surface area contributed by atoms with Gasteiger partial charge in [0, 0.05) is 12.2 Å². The van der Waals surface area contributed by atoms with Gasteiger partial charge in [-0.2, -0.15) is 0 Å². The molecule has 0 saturated carbocycles. The molecular formula is C26H24O12. The molecular weight excluding hydrogens is 504 g/mol. The summed E-state index contributed by atoms with van der Waals surface area (Å²) < 4.78 is 28.9. The van der Waals surface area contributed by atoms with E-state index in [1.54, 1.807) is 0 Å². The Kier molecular flexibility index (Phi) is 11.7. The van der Waals surface area contributed by atoms with Gasteiger partial charge in [-0.25, -0.2) is 19.2 Å². The van der Waals surface area contributed by atoms with Crippen LogP contribution in [0.1, 0.15) is 33.6 Å². The minimum atomic E-state index is -0.896. The van der Waals surface area contributed by atoms with Gasteiger partial charge < -0.3 is 28.4 Å². The molecule has 0 saturated heterocycles. The smallest absolute Gasteiger partial charge is 0.337 e. The third-order valence-electron chi connectivity index (χ3n) is 4.47. The van der Waals surface area contributed by atoms with Crippen molar-refractivity contribution in [3.8, 4) is 11.5 Å². The van der Waals surface area contributed by atoms with Crippen LogP contribution >= 0.6 is 0 Å². The van der Waals surface area contributed by atoms with Crippen molar-refractivity contribution in [1.29, 1.82) is 0 Å². The molecule has 0 aliphatic carbocycles. The summed E-state index contributed by atoms with van der Waals surface area (Å²) in [5.41, 5.74) is 0.575. The number of benzene rings is 2. The predicted molar refractivity (Wildman–Crippen MR) is 127 cm³/mol. The second-order valence-corrected chi connectivity index (χ2v) is 7.15. The molecule has 38 heavy (non-hydrogen) atoms. The minimum absolute atomic E-state index is 0.192. The average molecular weight is 528 g/mol. The van der Waals surface area contributed by atoms with E-state index in [-0.39, 0.29) is 48.7 Å². The molecule has 12 nitrogen and oxygen atoms in total. The molecule has 200 valence electrons. The molecule has 12 heteroatoms.